The molecule has 38 heavy (non-hydrogen) atoms. The molecule has 0 unspecified atom stereocenters. The predicted molar refractivity (Wildman–Crippen MR) is 159 cm³/mol. The summed E-state index contributed by atoms with van der Waals surface area (Å²) in [5, 5.41) is 2.57. The van der Waals surface area contributed by atoms with Crippen LogP contribution < -0.4 is 0 Å². The summed E-state index contributed by atoms with van der Waals surface area (Å²) in [5.74, 6) is 0.253. The van der Waals surface area contributed by atoms with Gasteiger partial charge in [-0.1, -0.05) is 121 Å². The number of hydrogen-bond donors (Lipinski definition) is 0. The van der Waals surface area contributed by atoms with Crippen LogP contribution in [-0.2, 0) is 0 Å². The molecule has 0 saturated carbocycles. The Morgan fingerprint density at radius 2 is 0.947 bits per heavy atom. The molecule has 1 heterocycles. The monoisotopic (exact) mass is 483 g/mol. The first-order valence-electron chi connectivity index (χ1n) is 13.2. The van der Waals surface area contributed by atoms with Crippen LogP contribution in [0.2, 0.25) is 0 Å². The molecule has 1 aliphatic rings. The quantitative estimate of drug-likeness (QED) is 0.236. The van der Waals surface area contributed by atoms with E-state index in [2.05, 4.69) is 150 Å². The van der Waals surface area contributed by atoms with Crippen LogP contribution in [0.5, 0.6) is 0 Å². The van der Waals surface area contributed by atoms with Gasteiger partial charge in [-0.2, -0.15) is 0 Å². The Kier molecular flexibility index (Phi) is 4.65. The lowest BCUT2D eigenvalue weighted by molar-refractivity contribution is 1.02. The van der Waals surface area contributed by atoms with Crippen molar-refractivity contribution >= 4 is 21.8 Å². The third-order valence-corrected chi connectivity index (χ3v) is 8.07. The van der Waals surface area contributed by atoms with E-state index in [1.165, 1.54) is 66.4 Å². The van der Waals surface area contributed by atoms with Crippen LogP contribution in [0.3, 0.4) is 0 Å². The van der Waals surface area contributed by atoms with Crippen molar-refractivity contribution in [2.45, 2.75) is 5.92 Å². The van der Waals surface area contributed by atoms with Crippen LogP contribution >= 0.6 is 0 Å². The van der Waals surface area contributed by atoms with Gasteiger partial charge in [-0.3, -0.25) is 0 Å². The summed E-state index contributed by atoms with van der Waals surface area (Å²) in [6.45, 7) is 0. The summed E-state index contributed by atoms with van der Waals surface area (Å²) < 4.78 is 2.39. The molecular weight excluding hydrogens is 458 g/mol. The second-order valence-electron chi connectivity index (χ2n) is 10.2. The highest BCUT2D eigenvalue weighted by Gasteiger charge is 2.29. The molecule has 8 rings (SSSR count). The van der Waals surface area contributed by atoms with E-state index < -0.39 is 0 Å². The summed E-state index contributed by atoms with van der Waals surface area (Å²) >= 11 is 0. The molecule has 0 atom stereocenters. The summed E-state index contributed by atoms with van der Waals surface area (Å²) in [6.07, 6.45) is 0. The van der Waals surface area contributed by atoms with E-state index in [4.69, 9.17) is 0 Å². The zero-order valence-electron chi connectivity index (χ0n) is 20.9. The van der Waals surface area contributed by atoms with Crippen LogP contribution in [0.4, 0.5) is 0 Å². The van der Waals surface area contributed by atoms with Gasteiger partial charge in [-0.05, 0) is 63.2 Å². The Hall–Kier alpha value is -4.88. The lowest BCUT2D eigenvalue weighted by Crippen LogP contribution is -1.99. The van der Waals surface area contributed by atoms with Crippen LogP contribution in [0.1, 0.15) is 22.6 Å². The van der Waals surface area contributed by atoms with E-state index in [-0.39, 0.29) is 5.92 Å². The van der Waals surface area contributed by atoms with Crippen molar-refractivity contribution in [3.63, 3.8) is 0 Å². The minimum atomic E-state index is 0.253. The highest BCUT2D eigenvalue weighted by molar-refractivity contribution is 6.09. The van der Waals surface area contributed by atoms with Crippen LogP contribution in [0, 0.1) is 0 Å². The van der Waals surface area contributed by atoms with Gasteiger partial charge in [0.2, 0.25) is 0 Å². The second kappa shape index (κ2) is 8.33. The normalized spacial score (nSPS) is 12.6. The van der Waals surface area contributed by atoms with Crippen molar-refractivity contribution in [1.82, 2.24) is 4.57 Å². The molecule has 1 aliphatic carbocycles. The average Bonchev–Trinajstić information content (AvgIpc) is 3.51. The fraction of sp³-hybridized carbons (Fsp3) is 0.0270. The Balaban J connectivity index is 1.27. The van der Waals surface area contributed by atoms with Gasteiger partial charge in [0, 0.05) is 22.4 Å². The van der Waals surface area contributed by atoms with Gasteiger partial charge in [0.25, 0.3) is 0 Å². The first-order valence-corrected chi connectivity index (χ1v) is 13.2. The zero-order chi connectivity index (χ0) is 25.1. The summed E-state index contributed by atoms with van der Waals surface area (Å²) in [4.78, 5) is 0. The predicted octanol–water partition coefficient (Wildman–Crippen LogP) is 9.61. The van der Waals surface area contributed by atoms with E-state index in [9.17, 15) is 0 Å². The molecule has 0 amide bonds. The minimum absolute atomic E-state index is 0.253. The maximum Gasteiger partial charge on any atom is 0.0541 e. The third-order valence-electron chi connectivity index (χ3n) is 8.07. The molecular formula is C37H25N. The second-order valence-corrected chi connectivity index (χ2v) is 10.2. The first-order chi connectivity index (χ1) is 18.9. The molecule has 178 valence electrons. The van der Waals surface area contributed by atoms with Gasteiger partial charge in [0.15, 0.2) is 0 Å². The Morgan fingerprint density at radius 3 is 1.61 bits per heavy atom. The van der Waals surface area contributed by atoms with Gasteiger partial charge < -0.3 is 4.57 Å². The number of fused-ring (bicyclic) bond motifs is 6. The van der Waals surface area contributed by atoms with Gasteiger partial charge in [0.1, 0.15) is 0 Å². The van der Waals surface area contributed by atoms with Gasteiger partial charge >= 0.3 is 0 Å². The highest BCUT2D eigenvalue weighted by Crippen LogP contribution is 2.48. The Bertz CT molecular complexity index is 1890. The summed E-state index contributed by atoms with van der Waals surface area (Å²) in [7, 11) is 0. The molecule has 0 aliphatic heterocycles. The van der Waals surface area contributed by atoms with E-state index >= 15 is 0 Å². The van der Waals surface area contributed by atoms with Crippen LogP contribution in [-0.4, -0.2) is 4.57 Å². The molecule has 0 saturated heterocycles. The van der Waals surface area contributed by atoms with E-state index in [1.807, 2.05) is 0 Å². The van der Waals surface area contributed by atoms with Crippen LogP contribution in [0.25, 0.3) is 49.7 Å². The highest BCUT2D eigenvalue weighted by atomic mass is 15.0. The zero-order valence-corrected chi connectivity index (χ0v) is 20.9. The third kappa shape index (κ3) is 3.12. The number of nitrogens with zero attached hydrogens (tertiary/aromatic N) is 1. The smallest absolute Gasteiger partial charge is 0.0541 e. The number of para-hydroxylation sites is 2. The molecule has 0 spiro atoms. The largest absolute Gasteiger partial charge is 0.309 e. The summed E-state index contributed by atoms with van der Waals surface area (Å²) in [5.41, 5.74) is 13.0. The molecule has 1 heteroatoms. The molecule has 1 aromatic heterocycles. The fourth-order valence-corrected chi connectivity index (χ4v) is 6.44. The molecule has 0 N–H and O–H groups in total. The fourth-order valence-electron chi connectivity index (χ4n) is 6.44. The number of hydrogen-bond acceptors (Lipinski definition) is 0. The topological polar surface area (TPSA) is 4.93 Å². The number of rotatable bonds is 3. The standard InChI is InChI=1S/C37H25N/c1-3-19-33-29(15-1)30-16-2-4-20-34(30)37(33)27-13-9-11-25(23-27)26-12-10-14-28(24-26)38-35-21-7-5-17-31(35)32-18-6-8-22-36(32)38/h1-24,37H. The van der Waals surface area contributed by atoms with Crippen molar-refractivity contribution < 1.29 is 0 Å². The van der Waals surface area contributed by atoms with E-state index in [1.54, 1.807) is 0 Å². The molecule has 0 radical (unpaired) electrons. The number of aromatic nitrogens is 1. The maximum absolute atomic E-state index is 2.39. The van der Waals surface area contributed by atoms with E-state index in [0.29, 0.717) is 0 Å². The Morgan fingerprint density at radius 1 is 0.421 bits per heavy atom. The van der Waals surface area contributed by atoms with Crippen molar-refractivity contribution in [2.75, 3.05) is 0 Å². The van der Waals surface area contributed by atoms with Crippen molar-refractivity contribution in [1.29, 1.82) is 0 Å². The molecule has 1 nitrogen and oxygen atoms in total. The molecule has 0 fully saturated rings. The van der Waals surface area contributed by atoms with Crippen LogP contribution in [0.15, 0.2) is 146 Å². The number of benzene rings is 6. The van der Waals surface area contributed by atoms with Crippen molar-refractivity contribution in [2.24, 2.45) is 0 Å². The Labute approximate surface area is 222 Å². The SMILES string of the molecule is c1cc(-c2cccc(-n3c4ccccc4c4ccccc43)c2)cc(C2c3ccccc3-c3ccccc32)c1. The van der Waals surface area contributed by atoms with Gasteiger partial charge in [-0.15, -0.1) is 0 Å². The first kappa shape index (κ1) is 21.2. The minimum Gasteiger partial charge on any atom is -0.309 e. The molecule has 7 aromatic rings. The lowest BCUT2D eigenvalue weighted by Gasteiger charge is -2.16. The lowest BCUT2D eigenvalue weighted by atomic mass is 9.88. The summed E-state index contributed by atoms with van der Waals surface area (Å²) in [6, 6.07) is 53.2. The maximum atomic E-state index is 2.39. The van der Waals surface area contributed by atoms with Crippen molar-refractivity contribution in [3.05, 3.63) is 162 Å². The molecule has 6 aromatic carbocycles. The van der Waals surface area contributed by atoms with E-state index in [0.717, 1.165) is 0 Å². The van der Waals surface area contributed by atoms with Gasteiger partial charge in [-0.25, -0.2) is 0 Å². The molecule has 0 bridgehead atoms. The van der Waals surface area contributed by atoms with Gasteiger partial charge in [0.05, 0.1) is 11.0 Å². The average molecular weight is 484 g/mol. The van der Waals surface area contributed by atoms with Crippen molar-refractivity contribution in [3.8, 4) is 27.9 Å².